The molecule has 1 aliphatic heterocycles. The summed E-state index contributed by atoms with van der Waals surface area (Å²) >= 11 is 0. The van der Waals surface area contributed by atoms with Crippen LogP contribution in [0.15, 0.2) is 55.0 Å². The molecule has 0 bridgehead atoms. The molecule has 1 saturated heterocycles. The molecule has 10 heteroatoms. The van der Waals surface area contributed by atoms with Crippen LogP contribution in [0.5, 0.6) is 0 Å². The van der Waals surface area contributed by atoms with E-state index in [-0.39, 0.29) is 28.5 Å². The number of nitrogens with zero attached hydrogens (tertiary/aromatic N) is 4. The number of aromatic nitrogens is 3. The zero-order valence-corrected chi connectivity index (χ0v) is 17.5. The Labute approximate surface area is 186 Å². The Hall–Kier alpha value is -3.56. The lowest BCUT2D eigenvalue weighted by Gasteiger charge is -2.32. The van der Waals surface area contributed by atoms with E-state index in [1.807, 2.05) is 17.0 Å². The molecule has 1 unspecified atom stereocenters. The van der Waals surface area contributed by atoms with Gasteiger partial charge in [-0.25, -0.2) is 19.3 Å². The number of anilines is 2. The lowest BCUT2D eigenvalue weighted by Crippen LogP contribution is -2.46. The van der Waals surface area contributed by atoms with Crippen molar-refractivity contribution in [2.45, 2.75) is 37.5 Å². The Kier molecular flexibility index (Phi) is 4.84. The van der Waals surface area contributed by atoms with Crippen molar-refractivity contribution in [3.63, 3.8) is 0 Å². The summed E-state index contributed by atoms with van der Waals surface area (Å²) in [7, 11) is 0. The van der Waals surface area contributed by atoms with Crippen LogP contribution in [0.3, 0.4) is 0 Å². The van der Waals surface area contributed by atoms with E-state index in [1.54, 1.807) is 12.3 Å². The maximum Gasteiger partial charge on any atom is 0.417 e. The summed E-state index contributed by atoms with van der Waals surface area (Å²) in [6.07, 6.45) is 0.169. The molecule has 3 heterocycles. The number of benzene rings is 1. The topological polar surface area (TPSA) is 71.0 Å². The van der Waals surface area contributed by atoms with E-state index < -0.39 is 23.6 Å². The van der Waals surface area contributed by atoms with Gasteiger partial charge in [0, 0.05) is 23.0 Å². The van der Waals surface area contributed by atoms with Crippen LogP contribution in [0, 0.1) is 11.7 Å². The molecular weight excluding hydrogens is 438 g/mol. The van der Waals surface area contributed by atoms with Crippen LogP contribution in [0.2, 0.25) is 0 Å². The Bertz CT molecular complexity index is 1200. The number of piperidine rings is 1. The summed E-state index contributed by atoms with van der Waals surface area (Å²) in [6.45, 7) is 2.09. The number of carbonyl (C=O) groups excluding carboxylic acids is 1. The van der Waals surface area contributed by atoms with Gasteiger partial charge in [0.1, 0.15) is 11.9 Å². The maximum atomic E-state index is 13.6. The van der Waals surface area contributed by atoms with E-state index in [0.29, 0.717) is 18.2 Å². The lowest BCUT2D eigenvalue weighted by atomic mass is 10.0. The van der Waals surface area contributed by atoms with E-state index in [2.05, 4.69) is 27.2 Å². The number of rotatable bonds is 4. The van der Waals surface area contributed by atoms with Crippen LogP contribution >= 0.6 is 0 Å². The SMILES string of the molecule is CC12C[C@@H]1C[C@H](C(=O)Nc1ccc(C(F)(F)F)c(-c3ncc(F)cn3)c1)N2c1ccccn1. The number of alkyl halides is 3. The number of pyridine rings is 1. The van der Waals surface area contributed by atoms with Crippen molar-refractivity contribution in [3.8, 4) is 11.4 Å². The molecule has 1 aliphatic carbocycles. The number of carbonyl (C=O) groups is 1. The molecule has 170 valence electrons. The van der Waals surface area contributed by atoms with Crippen molar-refractivity contribution in [2.24, 2.45) is 5.92 Å². The van der Waals surface area contributed by atoms with E-state index in [9.17, 15) is 22.4 Å². The zero-order valence-electron chi connectivity index (χ0n) is 17.5. The molecule has 5 rings (SSSR count). The smallest absolute Gasteiger partial charge is 0.339 e. The predicted octanol–water partition coefficient (Wildman–Crippen LogP) is 4.69. The van der Waals surface area contributed by atoms with Crippen LogP contribution in [-0.2, 0) is 11.0 Å². The van der Waals surface area contributed by atoms with Crippen LogP contribution in [0.4, 0.5) is 29.1 Å². The highest BCUT2D eigenvalue weighted by Gasteiger charge is 2.64. The summed E-state index contributed by atoms with van der Waals surface area (Å²) in [6, 6.07) is 8.20. The van der Waals surface area contributed by atoms with E-state index in [4.69, 9.17) is 0 Å². The van der Waals surface area contributed by atoms with Crippen molar-refractivity contribution < 1.29 is 22.4 Å². The summed E-state index contributed by atoms with van der Waals surface area (Å²) in [5.74, 6) is -0.344. The number of nitrogens with one attached hydrogen (secondary N) is 1. The van der Waals surface area contributed by atoms with Gasteiger partial charge in [-0.05, 0) is 56.0 Å². The van der Waals surface area contributed by atoms with Crippen LogP contribution < -0.4 is 10.2 Å². The third-order valence-electron chi connectivity index (χ3n) is 6.40. The molecule has 0 radical (unpaired) electrons. The van der Waals surface area contributed by atoms with Gasteiger partial charge in [-0.2, -0.15) is 13.2 Å². The Balaban J connectivity index is 1.45. The molecule has 1 N–H and O–H groups in total. The standard InChI is InChI=1S/C23H19F4N5O/c1-22-10-13(22)8-18(32(22)19-4-2-3-7-28-19)21(33)31-15-5-6-17(23(25,26)27)16(9-15)20-29-11-14(24)12-30-20/h2-7,9,11-13,18H,8,10H2,1H3,(H,31,33)/t13-,18+,22?/m0/s1. The van der Waals surface area contributed by atoms with E-state index in [1.165, 1.54) is 6.07 Å². The van der Waals surface area contributed by atoms with Gasteiger partial charge in [0.25, 0.3) is 0 Å². The molecule has 1 amide bonds. The summed E-state index contributed by atoms with van der Waals surface area (Å²) in [5.41, 5.74) is -1.31. The fourth-order valence-corrected chi connectivity index (χ4v) is 4.68. The molecule has 3 aromatic rings. The number of halogens is 4. The first-order chi connectivity index (χ1) is 15.7. The van der Waals surface area contributed by atoms with Crippen molar-refractivity contribution in [2.75, 3.05) is 10.2 Å². The number of hydrogen-bond acceptors (Lipinski definition) is 5. The summed E-state index contributed by atoms with van der Waals surface area (Å²) < 4.78 is 53.8. The average molecular weight is 457 g/mol. The van der Waals surface area contributed by atoms with Crippen molar-refractivity contribution in [3.05, 3.63) is 66.4 Å². The minimum Gasteiger partial charge on any atom is -0.339 e. The molecule has 1 aromatic carbocycles. The molecule has 2 fully saturated rings. The Morgan fingerprint density at radius 3 is 2.58 bits per heavy atom. The predicted molar refractivity (Wildman–Crippen MR) is 113 cm³/mol. The molecule has 2 aromatic heterocycles. The summed E-state index contributed by atoms with van der Waals surface area (Å²) in [4.78, 5) is 27.0. The van der Waals surface area contributed by atoms with Crippen molar-refractivity contribution >= 4 is 17.4 Å². The first kappa shape index (κ1) is 21.3. The highest BCUT2D eigenvalue weighted by Crippen LogP contribution is 2.58. The van der Waals surface area contributed by atoms with Gasteiger partial charge in [-0.3, -0.25) is 4.79 Å². The van der Waals surface area contributed by atoms with Gasteiger partial charge in [0.15, 0.2) is 11.6 Å². The van der Waals surface area contributed by atoms with Gasteiger partial charge in [0.2, 0.25) is 5.91 Å². The quantitative estimate of drug-likeness (QED) is 0.576. The number of fused-ring (bicyclic) bond motifs is 1. The first-order valence-corrected chi connectivity index (χ1v) is 10.4. The van der Waals surface area contributed by atoms with Crippen LogP contribution in [0.1, 0.15) is 25.3 Å². The normalized spacial score (nSPS) is 23.8. The molecule has 0 spiro atoms. The number of amides is 1. The van der Waals surface area contributed by atoms with Crippen molar-refractivity contribution in [1.29, 1.82) is 0 Å². The highest BCUT2D eigenvalue weighted by molar-refractivity contribution is 5.98. The third kappa shape index (κ3) is 3.79. The van der Waals surface area contributed by atoms with Gasteiger partial charge < -0.3 is 10.2 Å². The second-order valence-corrected chi connectivity index (χ2v) is 8.54. The van der Waals surface area contributed by atoms with E-state index in [0.717, 1.165) is 30.9 Å². The van der Waals surface area contributed by atoms with Gasteiger partial charge in [0.05, 0.1) is 18.0 Å². The molecule has 33 heavy (non-hydrogen) atoms. The Morgan fingerprint density at radius 2 is 1.91 bits per heavy atom. The minimum absolute atomic E-state index is 0.163. The molecule has 6 nitrogen and oxygen atoms in total. The second kappa shape index (κ2) is 7.50. The van der Waals surface area contributed by atoms with Crippen molar-refractivity contribution in [1.82, 2.24) is 15.0 Å². The maximum absolute atomic E-state index is 13.6. The zero-order chi connectivity index (χ0) is 23.4. The molecule has 2 aliphatic rings. The van der Waals surface area contributed by atoms with Gasteiger partial charge in [-0.15, -0.1) is 0 Å². The Morgan fingerprint density at radius 1 is 1.15 bits per heavy atom. The molecule has 3 atom stereocenters. The fourth-order valence-electron chi connectivity index (χ4n) is 4.68. The molecule has 1 saturated carbocycles. The monoisotopic (exact) mass is 457 g/mol. The van der Waals surface area contributed by atoms with Gasteiger partial charge >= 0.3 is 6.18 Å². The largest absolute Gasteiger partial charge is 0.417 e. The van der Waals surface area contributed by atoms with Crippen LogP contribution in [0.25, 0.3) is 11.4 Å². The highest BCUT2D eigenvalue weighted by atomic mass is 19.4. The number of hydrogen-bond donors (Lipinski definition) is 1. The fraction of sp³-hybridized carbons (Fsp3) is 0.304. The lowest BCUT2D eigenvalue weighted by molar-refractivity contribution is -0.137. The third-order valence-corrected chi connectivity index (χ3v) is 6.40. The average Bonchev–Trinajstić information content (AvgIpc) is 3.34. The van der Waals surface area contributed by atoms with Gasteiger partial charge in [-0.1, -0.05) is 6.07 Å². The molecular formula is C23H19F4N5O. The van der Waals surface area contributed by atoms with Crippen LogP contribution in [-0.4, -0.2) is 32.4 Å². The second-order valence-electron chi connectivity index (χ2n) is 8.54. The van der Waals surface area contributed by atoms with E-state index >= 15 is 0 Å². The minimum atomic E-state index is -4.67. The summed E-state index contributed by atoms with van der Waals surface area (Å²) in [5, 5.41) is 2.74. The first-order valence-electron chi connectivity index (χ1n) is 10.4.